The van der Waals surface area contributed by atoms with Gasteiger partial charge in [-0.25, -0.2) is 0 Å². The lowest BCUT2D eigenvalue weighted by molar-refractivity contribution is 0.0935. The van der Waals surface area contributed by atoms with Crippen molar-refractivity contribution in [3.05, 3.63) is 64.8 Å². The Hall–Kier alpha value is -2.46. The normalized spacial score (nSPS) is 15.8. The monoisotopic (exact) mass is 354 g/mol. The van der Waals surface area contributed by atoms with Crippen LogP contribution in [0, 0.1) is 0 Å². The van der Waals surface area contributed by atoms with Crippen molar-refractivity contribution in [3.63, 3.8) is 0 Å². The number of hydrogen-bond donors (Lipinski definition) is 1. The number of carbonyl (C=O) groups excluding carboxylic acids is 1. The summed E-state index contributed by atoms with van der Waals surface area (Å²) in [6.07, 6.45) is 0.988. The maximum Gasteiger partial charge on any atom is 0.268 e. The molecule has 25 heavy (non-hydrogen) atoms. The van der Waals surface area contributed by atoms with Gasteiger partial charge in [-0.15, -0.1) is 0 Å². The molecule has 0 aliphatic carbocycles. The van der Waals surface area contributed by atoms with E-state index >= 15 is 0 Å². The third-order valence-corrected chi connectivity index (χ3v) is 4.83. The predicted molar refractivity (Wildman–Crippen MR) is 99.3 cm³/mol. The Morgan fingerprint density at radius 1 is 1.28 bits per heavy atom. The summed E-state index contributed by atoms with van der Waals surface area (Å²) < 4.78 is 8.10. The fourth-order valence-electron chi connectivity index (χ4n) is 3.32. The first-order chi connectivity index (χ1) is 12.2. The zero-order valence-electron chi connectivity index (χ0n) is 14.0. The third kappa shape index (κ3) is 2.98. The fourth-order valence-corrected chi connectivity index (χ4v) is 3.53. The van der Waals surface area contributed by atoms with Crippen LogP contribution in [0.15, 0.2) is 48.5 Å². The highest BCUT2D eigenvalue weighted by Gasteiger charge is 2.25. The second kappa shape index (κ2) is 6.45. The standard InChI is InChI=1S/C20H19ClN2O2/c1-2-16-12-23-17(10-14-6-4-8-18(25-16)19(14)23)20(24)22-11-13-5-3-7-15(21)9-13/h3-10,16H,2,11-12H2,1H3,(H,22,24)/t16-/m0/s1. The van der Waals surface area contributed by atoms with Gasteiger partial charge in [-0.2, -0.15) is 0 Å². The zero-order valence-corrected chi connectivity index (χ0v) is 14.7. The van der Waals surface area contributed by atoms with E-state index in [0.29, 0.717) is 23.8 Å². The van der Waals surface area contributed by atoms with Crippen molar-refractivity contribution in [2.45, 2.75) is 32.5 Å². The first-order valence-corrected chi connectivity index (χ1v) is 8.85. The number of aromatic nitrogens is 1. The van der Waals surface area contributed by atoms with Crippen LogP contribution >= 0.6 is 11.6 Å². The maximum atomic E-state index is 12.8. The van der Waals surface area contributed by atoms with Crippen LogP contribution in [-0.2, 0) is 13.1 Å². The molecule has 4 rings (SSSR count). The number of halogens is 1. The first-order valence-electron chi connectivity index (χ1n) is 8.47. The zero-order chi connectivity index (χ0) is 17.4. The molecule has 0 bridgehead atoms. The molecule has 0 fully saturated rings. The molecule has 4 nitrogen and oxygen atoms in total. The van der Waals surface area contributed by atoms with Crippen molar-refractivity contribution in [3.8, 4) is 5.75 Å². The summed E-state index contributed by atoms with van der Waals surface area (Å²) in [5.41, 5.74) is 2.65. The maximum absolute atomic E-state index is 12.8. The summed E-state index contributed by atoms with van der Waals surface area (Å²) in [6, 6.07) is 15.4. The molecular weight excluding hydrogens is 336 g/mol. The lowest BCUT2D eigenvalue weighted by Crippen LogP contribution is -2.31. The minimum Gasteiger partial charge on any atom is -0.486 e. The Morgan fingerprint density at radius 2 is 2.12 bits per heavy atom. The average molecular weight is 355 g/mol. The number of hydrogen-bond acceptors (Lipinski definition) is 2. The van der Waals surface area contributed by atoms with Gasteiger partial charge in [0.25, 0.3) is 5.91 Å². The summed E-state index contributed by atoms with van der Waals surface area (Å²) in [6.45, 7) is 3.23. The predicted octanol–water partition coefficient (Wildman–Crippen LogP) is 4.40. The number of rotatable bonds is 4. The molecule has 0 spiro atoms. The molecule has 0 unspecified atom stereocenters. The number of benzene rings is 2. The molecule has 0 saturated heterocycles. The molecule has 2 aromatic carbocycles. The number of nitrogens with zero attached hydrogens (tertiary/aromatic N) is 1. The minimum atomic E-state index is -0.0844. The van der Waals surface area contributed by atoms with Crippen molar-refractivity contribution in [1.82, 2.24) is 9.88 Å². The van der Waals surface area contributed by atoms with E-state index in [4.69, 9.17) is 16.3 Å². The molecule has 3 aromatic rings. The van der Waals surface area contributed by atoms with Crippen molar-refractivity contribution >= 4 is 28.4 Å². The lowest BCUT2D eigenvalue weighted by atomic mass is 10.2. The number of ether oxygens (including phenoxy) is 1. The topological polar surface area (TPSA) is 43.3 Å². The van der Waals surface area contributed by atoms with E-state index in [1.165, 1.54) is 0 Å². The van der Waals surface area contributed by atoms with Gasteiger partial charge in [0.05, 0.1) is 12.1 Å². The summed E-state index contributed by atoms with van der Waals surface area (Å²) in [4.78, 5) is 12.8. The fraction of sp³-hybridized carbons (Fsp3) is 0.250. The first kappa shape index (κ1) is 16.0. The number of amides is 1. The summed E-state index contributed by atoms with van der Waals surface area (Å²) in [5.74, 6) is 0.767. The molecule has 1 aliphatic rings. The highest BCUT2D eigenvalue weighted by Crippen LogP contribution is 2.34. The van der Waals surface area contributed by atoms with Crippen LogP contribution in [0.2, 0.25) is 5.02 Å². The molecular formula is C20H19ClN2O2. The van der Waals surface area contributed by atoms with Gasteiger partial charge in [-0.1, -0.05) is 42.8 Å². The van der Waals surface area contributed by atoms with E-state index in [0.717, 1.165) is 28.6 Å². The second-order valence-electron chi connectivity index (χ2n) is 6.29. The van der Waals surface area contributed by atoms with Gasteiger partial charge in [0.15, 0.2) is 0 Å². The molecule has 1 amide bonds. The number of carbonyl (C=O) groups is 1. The van der Waals surface area contributed by atoms with E-state index in [1.807, 2.05) is 48.5 Å². The van der Waals surface area contributed by atoms with E-state index in [2.05, 4.69) is 16.8 Å². The van der Waals surface area contributed by atoms with Crippen LogP contribution in [0.3, 0.4) is 0 Å². The Balaban J connectivity index is 1.63. The van der Waals surface area contributed by atoms with Gasteiger partial charge in [-0.05, 0) is 36.2 Å². The molecule has 1 aromatic heterocycles. The van der Waals surface area contributed by atoms with Gasteiger partial charge in [0.2, 0.25) is 0 Å². The van der Waals surface area contributed by atoms with Crippen LogP contribution in [-0.4, -0.2) is 16.6 Å². The minimum absolute atomic E-state index is 0.0844. The van der Waals surface area contributed by atoms with Crippen LogP contribution in [0.4, 0.5) is 0 Å². The van der Waals surface area contributed by atoms with Crippen molar-refractivity contribution < 1.29 is 9.53 Å². The number of para-hydroxylation sites is 1. The molecule has 0 radical (unpaired) electrons. The Kier molecular flexibility index (Phi) is 4.14. The third-order valence-electron chi connectivity index (χ3n) is 4.59. The number of nitrogens with one attached hydrogen (secondary N) is 1. The van der Waals surface area contributed by atoms with Crippen molar-refractivity contribution in [2.75, 3.05) is 0 Å². The summed E-state index contributed by atoms with van der Waals surface area (Å²) in [7, 11) is 0. The quantitative estimate of drug-likeness (QED) is 0.754. The highest BCUT2D eigenvalue weighted by atomic mass is 35.5. The molecule has 5 heteroatoms. The second-order valence-corrected chi connectivity index (χ2v) is 6.73. The average Bonchev–Trinajstić information content (AvgIpc) is 3.00. The molecule has 1 atom stereocenters. The summed E-state index contributed by atoms with van der Waals surface area (Å²) in [5, 5.41) is 4.69. The smallest absolute Gasteiger partial charge is 0.268 e. The van der Waals surface area contributed by atoms with Gasteiger partial charge in [0.1, 0.15) is 17.5 Å². The van der Waals surface area contributed by atoms with E-state index in [-0.39, 0.29) is 12.0 Å². The Bertz CT molecular complexity index is 948. The van der Waals surface area contributed by atoms with E-state index in [1.54, 1.807) is 0 Å². The van der Waals surface area contributed by atoms with Gasteiger partial charge < -0.3 is 14.6 Å². The van der Waals surface area contributed by atoms with Crippen LogP contribution < -0.4 is 10.1 Å². The Morgan fingerprint density at radius 3 is 2.92 bits per heavy atom. The SMILES string of the molecule is CC[C@H]1Cn2c(C(=O)NCc3cccc(Cl)c3)cc3cccc(c32)O1. The summed E-state index contributed by atoms with van der Waals surface area (Å²) >= 11 is 6.00. The van der Waals surface area contributed by atoms with Crippen molar-refractivity contribution in [1.29, 1.82) is 0 Å². The molecule has 1 N–H and O–H groups in total. The van der Waals surface area contributed by atoms with Crippen LogP contribution in [0.5, 0.6) is 5.75 Å². The molecule has 128 valence electrons. The molecule has 0 saturated carbocycles. The molecule has 1 aliphatic heterocycles. The van der Waals surface area contributed by atoms with Crippen LogP contribution in [0.1, 0.15) is 29.4 Å². The van der Waals surface area contributed by atoms with Crippen molar-refractivity contribution in [2.24, 2.45) is 0 Å². The van der Waals surface area contributed by atoms with E-state index < -0.39 is 0 Å². The van der Waals surface area contributed by atoms with Gasteiger partial charge in [-0.3, -0.25) is 4.79 Å². The van der Waals surface area contributed by atoms with Gasteiger partial charge >= 0.3 is 0 Å². The lowest BCUT2D eigenvalue weighted by Gasteiger charge is -2.26. The van der Waals surface area contributed by atoms with Gasteiger partial charge in [0, 0.05) is 17.0 Å². The molecule has 2 heterocycles. The Labute approximate surface area is 151 Å². The largest absolute Gasteiger partial charge is 0.486 e. The van der Waals surface area contributed by atoms with E-state index in [9.17, 15) is 4.79 Å². The highest BCUT2D eigenvalue weighted by molar-refractivity contribution is 6.30. The van der Waals surface area contributed by atoms with Crippen LogP contribution in [0.25, 0.3) is 10.9 Å².